The minimum Gasteiger partial charge on any atom is -0.455 e. The molecule has 0 aliphatic heterocycles. The summed E-state index contributed by atoms with van der Waals surface area (Å²) in [7, 11) is 0. The molecule has 3 aromatic heterocycles. The van der Waals surface area contributed by atoms with Crippen molar-refractivity contribution in [1.82, 2.24) is 14.6 Å². The van der Waals surface area contributed by atoms with Gasteiger partial charge in [-0.2, -0.15) is 0 Å². The lowest BCUT2D eigenvalue weighted by Crippen LogP contribution is -1.95. The molecule has 11 rings (SSSR count). The molecule has 11 aromatic rings. The summed E-state index contributed by atoms with van der Waals surface area (Å²) >= 11 is 0. The van der Waals surface area contributed by atoms with Crippen molar-refractivity contribution in [3.05, 3.63) is 176 Å². The van der Waals surface area contributed by atoms with E-state index in [1.54, 1.807) is 0 Å². The molecule has 52 heavy (non-hydrogen) atoms. The molecule has 242 valence electrons. The number of hydrogen-bond acceptors (Lipinski definition) is 3. The predicted molar refractivity (Wildman–Crippen MR) is 215 cm³/mol. The van der Waals surface area contributed by atoms with Crippen LogP contribution < -0.4 is 0 Å². The van der Waals surface area contributed by atoms with E-state index in [1.807, 2.05) is 12.1 Å². The fourth-order valence-corrected chi connectivity index (χ4v) is 7.91. The Kier molecular flexibility index (Phi) is 6.22. The molecule has 0 amide bonds. The van der Waals surface area contributed by atoms with Gasteiger partial charge < -0.3 is 4.42 Å². The number of rotatable bonds is 4. The van der Waals surface area contributed by atoms with Gasteiger partial charge in [-0.3, -0.25) is 4.40 Å². The Bertz CT molecular complexity index is 3170. The molecule has 0 saturated heterocycles. The van der Waals surface area contributed by atoms with Crippen molar-refractivity contribution < 1.29 is 4.42 Å². The molecule has 3 heterocycles. The maximum atomic E-state index is 6.34. The van der Waals surface area contributed by atoms with E-state index in [2.05, 4.69) is 168 Å². The highest BCUT2D eigenvalue weighted by Gasteiger charge is 2.18. The second-order valence-corrected chi connectivity index (χ2v) is 13.5. The lowest BCUT2D eigenvalue weighted by atomic mass is 9.96. The summed E-state index contributed by atoms with van der Waals surface area (Å²) in [6.45, 7) is 0. The summed E-state index contributed by atoms with van der Waals surface area (Å²) < 4.78 is 8.55. The van der Waals surface area contributed by atoms with E-state index >= 15 is 0 Å². The third-order valence-electron chi connectivity index (χ3n) is 10.5. The molecule has 0 fully saturated rings. The lowest BCUT2D eigenvalue weighted by Gasteiger charge is -2.12. The van der Waals surface area contributed by atoms with Crippen LogP contribution in [0.4, 0.5) is 0 Å². The Balaban J connectivity index is 1.01. The zero-order chi connectivity index (χ0) is 34.2. The van der Waals surface area contributed by atoms with E-state index < -0.39 is 0 Å². The van der Waals surface area contributed by atoms with E-state index in [1.165, 1.54) is 33.0 Å². The monoisotopic (exact) mass is 663 g/mol. The molecule has 0 bridgehead atoms. The van der Waals surface area contributed by atoms with Crippen LogP contribution in [-0.2, 0) is 0 Å². The number of para-hydroxylation sites is 2. The molecule has 0 N–H and O–H groups in total. The van der Waals surface area contributed by atoms with Crippen molar-refractivity contribution >= 4 is 60.0 Å². The first kappa shape index (κ1) is 28.8. The van der Waals surface area contributed by atoms with Gasteiger partial charge in [0.05, 0.1) is 5.52 Å². The summed E-state index contributed by atoms with van der Waals surface area (Å²) in [5, 5.41) is 17.7. The molecule has 0 aliphatic rings. The Labute approximate surface area is 298 Å². The zero-order valence-electron chi connectivity index (χ0n) is 28.0. The first-order valence-corrected chi connectivity index (χ1v) is 17.6. The standard InChI is InChI=1S/C48H29N3O/c1-2-9-35-28-36(25-20-30(35)8-1)31-16-18-32(19-17-31)37-26-27-44-43(29-37)39-10-3-4-12-42(39)48-50-49-47(51(44)48)34-23-21-33(22-24-34)38-13-7-14-41-40-11-5-6-15-45(40)52-46(38)41/h1-29H. The molecule has 4 heteroatoms. The van der Waals surface area contributed by atoms with Crippen molar-refractivity contribution in [3.8, 4) is 44.8 Å². The van der Waals surface area contributed by atoms with Crippen molar-refractivity contribution in [2.45, 2.75) is 0 Å². The number of nitrogens with zero attached hydrogens (tertiary/aromatic N) is 3. The van der Waals surface area contributed by atoms with Crippen molar-refractivity contribution in [1.29, 1.82) is 0 Å². The number of hydrogen-bond donors (Lipinski definition) is 0. The summed E-state index contributed by atoms with van der Waals surface area (Å²) in [6, 6.07) is 62.5. The first-order valence-electron chi connectivity index (χ1n) is 17.6. The third-order valence-corrected chi connectivity index (χ3v) is 10.5. The Hall–Kier alpha value is -7.04. The minimum atomic E-state index is 0.812. The molecule has 4 nitrogen and oxygen atoms in total. The average Bonchev–Trinajstić information content (AvgIpc) is 3.84. The van der Waals surface area contributed by atoms with Crippen molar-refractivity contribution in [2.24, 2.45) is 0 Å². The maximum Gasteiger partial charge on any atom is 0.169 e. The van der Waals surface area contributed by atoms with Gasteiger partial charge in [0, 0.05) is 32.7 Å². The normalized spacial score (nSPS) is 11.8. The van der Waals surface area contributed by atoms with Crippen LogP contribution in [0.15, 0.2) is 180 Å². The maximum absolute atomic E-state index is 6.34. The van der Waals surface area contributed by atoms with Crippen molar-refractivity contribution in [2.75, 3.05) is 0 Å². The van der Waals surface area contributed by atoms with E-state index in [0.29, 0.717) is 0 Å². The van der Waals surface area contributed by atoms with Crippen LogP contribution in [-0.4, -0.2) is 14.6 Å². The number of fused-ring (bicyclic) bond motifs is 10. The number of furan rings is 1. The van der Waals surface area contributed by atoms with E-state index in [-0.39, 0.29) is 0 Å². The second kappa shape index (κ2) is 11.2. The van der Waals surface area contributed by atoms with Crippen LogP contribution in [0, 0.1) is 0 Å². The van der Waals surface area contributed by atoms with Crippen LogP contribution in [0.25, 0.3) is 105 Å². The fraction of sp³-hybridized carbons (Fsp3) is 0. The van der Waals surface area contributed by atoms with Gasteiger partial charge in [0.1, 0.15) is 11.2 Å². The third kappa shape index (κ3) is 4.41. The van der Waals surface area contributed by atoms with Gasteiger partial charge in [-0.05, 0) is 68.2 Å². The van der Waals surface area contributed by atoms with Crippen LogP contribution in [0.1, 0.15) is 0 Å². The average molecular weight is 664 g/mol. The SMILES string of the molecule is c1ccc2cc(-c3ccc(-c4ccc5c(c4)c4ccccc4c4nnc(-c6ccc(-c7cccc8c7oc7ccccc78)cc6)n54)cc3)ccc2c1. The van der Waals surface area contributed by atoms with Crippen LogP contribution >= 0.6 is 0 Å². The predicted octanol–water partition coefficient (Wildman–Crippen LogP) is 12.8. The molecule has 0 aliphatic carbocycles. The minimum absolute atomic E-state index is 0.812. The first-order chi connectivity index (χ1) is 25.8. The molecule has 0 spiro atoms. The van der Waals surface area contributed by atoms with Gasteiger partial charge in [0.25, 0.3) is 0 Å². The van der Waals surface area contributed by atoms with Gasteiger partial charge in [-0.1, -0.05) is 152 Å². The van der Waals surface area contributed by atoms with Crippen LogP contribution in [0.3, 0.4) is 0 Å². The van der Waals surface area contributed by atoms with E-state index in [9.17, 15) is 0 Å². The highest BCUT2D eigenvalue weighted by molar-refractivity contribution is 6.13. The molecule has 0 unspecified atom stereocenters. The summed E-state index contributed by atoms with van der Waals surface area (Å²) in [4.78, 5) is 0. The van der Waals surface area contributed by atoms with Crippen LogP contribution in [0.5, 0.6) is 0 Å². The lowest BCUT2D eigenvalue weighted by molar-refractivity contribution is 0.670. The van der Waals surface area contributed by atoms with Gasteiger partial charge in [0.2, 0.25) is 0 Å². The smallest absolute Gasteiger partial charge is 0.169 e. The summed E-state index contributed by atoms with van der Waals surface area (Å²) in [5.74, 6) is 0.812. The molecule has 0 atom stereocenters. The number of aromatic nitrogens is 3. The van der Waals surface area contributed by atoms with E-state index in [4.69, 9.17) is 14.6 Å². The molecular formula is C48H29N3O. The summed E-state index contributed by atoms with van der Waals surface area (Å²) in [6.07, 6.45) is 0. The van der Waals surface area contributed by atoms with Gasteiger partial charge >= 0.3 is 0 Å². The second-order valence-electron chi connectivity index (χ2n) is 13.5. The highest BCUT2D eigenvalue weighted by atomic mass is 16.3. The highest BCUT2D eigenvalue weighted by Crippen LogP contribution is 2.38. The van der Waals surface area contributed by atoms with Crippen molar-refractivity contribution in [3.63, 3.8) is 0 Å². The summed E-state index contributed by atoms with van der Waals surface area (Å²) in [5.41, 5.74) is 11.7. The Morgan fingerprint density at radius 1 is 0.385 bits per heavy atom. The Morgan fingerprint density at radius 2 is 1.00 bits per heavy atom. The number of benzene rings is 8. The quantitative estimate of drug-likeness (QED) is 0.176. The van der Waals surface area contributed by atoms with Gasteiger partial charge in [-0.25, -0.2) is 0 Å². The topological polar surface area (TPSA) is 43.3 Å². The number of pyridine rings is 1. The van der Waals surface area contributed by atoms with Crippen LogP contribution in [0.2, 0.25) is 0 Å². The van der Waals surface area contributed by atoms with E-state index in [0.717, 1.165) is 71.8 Å². The Morgan fingerprint density at radius 3 is 1.83 bits per heavy atom. The molecule has 8 aromatic carbocycles. The largest absolute Gasteiger partial charge is 0.455 e. The molecule has 0 saturated carbocycles. The fourth-order valence-electron chi connectivity index (χ4n) is 7.91. The van der Waals surface area contributed by atoms with Gasteiger partial charge in [-0.15, -0.1) is 10.2 Å². The molecular weight excluding hydrogens is 635 g/mol. The van der Waals surface area contributed by atoms with Gasteiger partial charge in [0.15, 0.2) is 11.5 Å². The zero-order valence-corrected chi connectivity index (χ0v) is 28.0. The molecule has 0 radical (unpaired) electrons.